The minimum Gasteiger partial charge on any atom is -0.264 e. The monoisotopic (exact) mass is 733 g/mol. The molecule has 5 heterocycles. The van der Waals surface area contributed by atoms with Crippen LogP contribution in [0.2, 0.25) is 0 Å². The predicted octanol–water partition coefficient (Wildman–Crippen LogP) is 12.9. The van der Waals surface area contributed by atoms with E-state index in [0.29, 0.717) is 0 Å². The maximum atomic E-state index is 5.19. The molecular formula is C52H39N5. The molecule has 0 atom stereocenters. The highest BCUT2D eigenvalue weighted by Crippen LogP contribution is 2.34. The van der Waals surface area contributed by atoms with E-state index in [-0.39, 0.29) is 0 Å². The molecule has 9 rings (SSSR count). The van der Waals surface area contributed by atoms with Gasteiger partial charge in [0.05, 0.1) is 45.6 Å². The standard InChI is InChI=1S/C52H39N5/c1-36-28-29-41(45-24-14-26-47(54-45)51-32-42(37-16-6-2-7-17-37)30-49(56-51)39-20-10-4-11-21-39)34-53-35-44(36)46-25-15-27-48(55-46)52-33-43(38-18-8-3-9-19-38)31-50(57-52)40-22-12-5-13-23-40/h2-27,30-35H,28-29H2,1H3/b41-34+,44-36+,53-35+. The van der Waals surface area contributed by atoms with Crippen molar-refractivity contribution in [2.45, 2.75) is 19.8 Å². The van der Waals surface area contributed by atoms with Crippen molar-refractivity contribution < 1.29 is 0 Å². The summed E-state index contributed by atoms with van der Waals surface area (Å²) in [6.45, 7) is 2.17. The molecule has 1 aliphatic rings. The summed E-state index contributed by atoms with van der Waals surface area (Å²) in [4.78, 5) is 25.5. The topological polar surface area (TPSA) is 63.9 Å². The molecule has 0 N–H and O–H groups in total. The summed E-state index contributed by atoms with van der Waals surface area (Å²) < 4.78 is 0. The van der Waals surface area contributed by atoms with E-state index < -0.39 is 0 Å². The van der Waals surface area contributed by atoms with E-state index >= 15 is 0 Å². The highest BCUT2D eigenvalue weighted by atomic mass is 14.8. The van der Waals surface area contributed by atoms with Gasteiger partial charge in [0, 0.05) is 29.1 Å². The Morgan fingerprint density at radius 1 is 0.333 bits per heavy atom. The minimum atomic E-state index is 0.788. The number of aliphatic imine (C=N–C) groups is 1. The number of nitrogens with zero attached hydrogens (tertiary/aromatic N) is 5. The molecule has 5 heteroatoms. The Balaban J connectivity index is 1.03. The van der Waals surface area contributed by atoms with Crippen molar-refractivity contribution in [3.05, 3.63) is 205 Å². The van der Waals surface area contributed by atoms with Crippen molar-refractivity contribution in [2.24, 2.45) is 4.99 Å². The van der Waals surface area contributed by atoms with E-state index in [1.807, 2.05) is 73.1 Å². The van der Waals surface area contributed by atoms with Gasteiger partial charge >= 0.3 is 0 Å². The van der Waals surface area contributed by atoms with Crippen molar-refractivity contribution in [1.29, 1.82) is 0 Å². The predicted molar refractivity (Wildman–Crippen MR) is 235 cm³/mol. The maximum Gasteiger partial charge on any atom is 0.0900 e. The fraction of sp³-hybridized carbons (Fsp3) is 0.0577. The summed E-state index contributed by atoms with van der Waals surface area (Å²) in [5.74, 6) is 0. The van der Waals surface area contributed by atoms with Crippen LogP contribution in [0, 0.1) is 0 Å². The molecule has 1 aliphatic heterocycles. The lowest BCUT2D eigenvalue weighted by Gasteiger charge is -2.15. The van der Waals surface area contributed by atoms with E-state index in [1.54, 1.807) is 0 Å². The van der Waals surface area contributed by atoms with E-state index in [4.69, 9.17) is 24.9 Å². The Bertz CT molecular complexity index is 2660. The molecule has 0 bridgehead atoms. The van der Waals surface area contributed by atoms with Crippen LogP contribution in [0.3, 0.4) is 0 Å². The molecule has 0 unspecified atom stereocenters. The largest absolute Gasteiger partial charge is 0.264 e. The fourth-order valence-corrected chi connectivity index (χ4v) is 7.23. The molecule has 0 saturated carbocycles. The first-order valence-corrected chi connectivity index (χ1v) is 19.3. The van der Waals surface area contributed by atoms with Gasteiger partial charge in [0.2, 0.25) is 0 Å². The summed E-state index contributed by atoms with van der Waals surface area (Å²) in [5.41, 5.74) is 16.8. The van der Waals surface area contributed by atoms with E-state index in [9.17, 15) is 0 Å². The number of hydrogen-bond acceptors (Lipinski definition) is 5. The van der Waals surface area contributed by atoms with Crippen LogP contribution >= 0.6 is 0 Å². The molecule has 4 aromatic heterocycles. The Morgan fingerprint density at radius 2 is 0.737 bits per heavy atom. The molecule has 4 aromatic carbocycles. The molecule has 0 spiro atoms. The van der Waals surface area contributed by atoms with E-state index in [0.717, 1.165) is 103 Å². The SMILES string of the molecule is C/C1=C(c2cccc(-c3cc(-c4ccccc4)cc(-c4ccccc4)n3)n2)/C=N/C=C(/c2cccc(-c3cc(-c4ccccc4)cc(-c4ccccc4)n3)n2)CC1. The van der Waals surface area contributed by atoms with Gasteiger partial charge in [-0.25, -0.2) is 19.9 Å². The number of rotatable bonds is 8. The molecule has 0 amide bonds. The Morgan fingerprint density at radius 3 is 1.25 bits per heavy atom. The molecule has 0 radical (unpaired) electrons. The Hall–Kier alpha value is -7.37. The van der Waals surface area contributed by atoms with Crippen LogP contribution in [0.15, 0.2) is 199 Å². The lowest BCUT2D eigenvalue weighted by atomic mass is 9.96. The number of hydrogen-bond donors (Lipinski definition) is 0. The molecule has 0 aliphatic carbocycles. The van der Waals surface area contributed by atoms with Gasteiger partial charge in [-0.3, -0.25) is 4.99 Å². The number of aromatic nitrogens is 4. The lowest BCUT2D eigenvalue weighted by molar-refractivity contribution is 0.982. The summed E-state index contributed by atoms with van der Waals surface area (Å²) in [7, 11) is 0. The van der Waals surface area contributed by atoms with Gasteiger partial charge in [0.25, 0.3) is 0 Å². The first kappa shape index (κ1) is 35.3. The zero-order valence-corrected chi connectivity index (χ0v) is 31.6. The lowest BCUT2D eigenvalue weighted by Crippen LogP contribution is -2.01. The molecule has 0 fully saturated rings. The second-order valence-electron chi connectivity index (χ2n) is 14.2. The van der Waals surface area contributed by atoms with E-state index in [1.165, 1.54) is 5.57 Å². The van der Waals surface area contributed by atoms with E-state index in [2.05, 4.69) is 128 Å². The van der Waals surface area contributed by atoms with Gasteiger partial charge < -0.3 is 0 Å². The van der Waals surface area contributed by atoms with Gasteiger partial charge in [-0.1, -0.05) is 139 Å². The highest BCUT2D eigenvalue weighted by Gasteiger charge is 2.16. The summed E-state index contributed by atoms with van der Waals surface area (Å²) in [6, 6.07) is 62.4. The van der Waals surface area contributed by atoms with Gasteiger partial charge in [0.1, 0.15) is 0 Å². The second-order valence-corrected chi connectivity index (χ2v) is 14.2. The molecule has 0 saturated heterocycles. The van der Waals surface area contributed by atoms with Crippen molar-refractivity contribution in [3.8, 4) is 67.5 Å². The smallest absolute Gasteiger partial charge is 0.0900 e. The van der Waals surface area contributed by atoms with Crippen molar-refractivity contribution in [1.82, 2.24) is 19.9 Å². The van der Waals surface area contributed by atoms with Crippen LogP contribution in [0.5, 0.6) is 0 Å². The van der Waals surface area contributed by atoms with Crippen LogP contribution in [-0.4, -0.2) is 26.2 Å². The van der Waals surface area contributed by atoms with Crippen LogP contribution in [0.25, 0.3) is 78.7 Å². The molecule has 57 heavy (non-hydrogen) atoms. The first-order chi connectivity index (χ1) is 28.1. The maximum absolute atomic E-state index is 5.19. The third-order valence-corrected chi connectivity index (χ3v) is 10.3. The van der Waals surface area contributed by atoms with Gasteiger partial charge in [-0.15, -0.1) is 0 Å². The van der Waals surface area contributed by atoms with Gasteiger partial charge in [0.15, 0.2) is 0 Å². The van der Waals surface area contributed by atoms with Crippen molar-refractivity contribution in [3.63, 3.8) is 0 Å². The first-order valence-electron chi connectivity index (χ1n) is 19.3. The number of benzene rings is 4. The average molecular weight is 734 g/mol. The van der Waals surface area contributed by atoms with Gasteiger partial charge in [-0.05, 0) is 96.1 Å². The zero-order valence-electron chi connectivity index (χ0n) is 31.6. The summed E-state index contributed by atoms with van der Waals surface area (Å²) in [5, 5.41) is 0. The summed E-state index contributed by atoms with van der Waals surface area (Å²) in [6.07, 6.45) is 5.51. The normalized spacial score (nSPS) is 15.6. The molecule has 272 valence electrons. The van der Waals surface area contributed by atoms with Crippen LogP contribution in [0.1, 0.15) is 31.2 Å². The zero-order chi connectivity index (χ0) is 38.4. The average Bonchev–Trinajstić information content (AvgIpc) is 3.29. The highest BCUT2D eigenvalue weighted by molar-refractivity contribution is 6.10. The number of pyridine rings is 4. The molecule has 8 aromatic rings. The molecular weight excluding hydrogens is 695 g/mol. The van der Waals surface area contributed by atoms with Crippen molar-refractivity contribution >= 4 is 17.4 Å². The van der Waals surface area contributed by atoms with Crippen LogP contribution < -0.4 is 0 Å². The second kappa shape index (κ2) is 16.2. The Kier molecular flexibility index (Phi) is 10.0. The van der Waals surface area contributed by atoms with Crippen LogP contribution in [0.4, 0.5) is 0 Å². The summed E-state index contributed by atoms with van der Waals surface area (Å²) >= 11 is 0. The third-order valence-electron chi connectivity index (χ3n) is 10.3. The Labute approximate surface area is 333 Å². The van der Waals surface area contributed by atoms with Crippen LogP contribution in [-0.2, 0) is 0 Å². The fourth-order valence-electron chi connectivity index (χ4n) is 7.23. The number of allylic oxidation sites excluding steroid dienone is 3. The van der Waals surface area contributed by atoms with Crippen molar-refractivity contribution in [2.75, 3.05) is 0 Å². The minimum absolute atomic E-state index is 0.788. The van der Waals surface area contributed by atoms with Gasteiger partial charge in [-0.2, -0.15) is 0 Å². The quantitative estimate of drug-likeness (QED) is 0.156. The molecule has 5 nitrogen and oxygen atoms in total. The third kappa shape index (κ3) is 7.91.